The highest BCUT2D eigenvalue weighted by Gasteiger charge is 2.28. The molecule has 3 rings (SSSR count). The SMILES string of the molecule is C=Cc1nn(-c2ccc(Br)c(F)c2)c(=O)cc1OC1CCN(C(=O)OC(C)(C)C)CC1. The molecule has 0 bridgehead atoms. The first kappa shape index (κ1) is 23.0. The molecule has 7 nitrogen and oxygen atoms in total. The Morgan fingerprint density at radius 3 is 2.55 bits per heavy atom. The molecule has 1 aliphatic heterocycles. The Hall–Kier alpha value is -2.68. The van der Waals surface area contributed by atoms with E-state index in [1.165, 1.54) is 24.3 Å². The molecule has 2 aromatic rings. The lowest BCUT2D eigenvalue weighted by atomic mass is 10.1. The number of hydrogen-bond acceptors (Lipinski definition) is 5. The van der Waals surface area contributed by atoms with Crippen LogP contribution in [-0.4, -0.2) is 45.6 Å². The number of ether oxygens (including phenoxy) is 2. The maximum Gasteiger partial charge on any atom is 0.410 e. The molecule has 1 aromatic carbocycles. The molecule has 1 amide bonds. The van der Waals surface area contributed by atoms with Crippen LogP contribution in [0.2, 0.25) is 0 Å². The highest BCUT2D eigenvalue weighted by molar-refractivity contribution is 9.10. The van der Waals surface area contributed by atoms with E-state index in [1.54, 1.807) is 11.0 Å². The second kappa shape index (κ2) is 9.21. The molecule has 2 heterocycles. The van der Waals surface area contributed by atoms with Crippen molar-refractivity contribution in [3.8, 4) is 11.4 Å². The van der Waals surface area contributed by atoms with E-state index in [9.17, 15) is 14.0 Å². The molecule has 1 aromatic heterocycles. The first-order valence-electron chi connectivity index (χ1n) is 9.94. The number of rotatable bonds is 4. The quantitative estimate of drug-likeness (QED) is 0.624. The molecule has 1 fully saturated rings. The summed E-state index contributed by atoms with van der Waals surface area (Å²) >= 11 is 3.09. The van der Waals surface area contributed by atoms with Gasteiger partial charge < -0.3 is 14.4 Å². The van der Waals surface area contributed by atoms with Crippen molar-refractivity contribution >= 4 is 28.1 Å². The average molecular weight is 494 g/mol. The van der Waals surface area contributed by atoms with Gasteiger partial charge in [-0.25, -0.2) is 9.18 Å². The molecule has 0 atom stereocenters. The van der Waals surface area contributed by atoms with Crippen molar-refractivity contribution in [1.82, 2.24) is 14.7 Å². The zero-order valence-corrected chi connectivity index (χ0v) is 19.3. The molecule has 0 radical (unpaired) electrons. The van der Waals surface area contributed by atoms with Gasteiger partial charge in [0.2, 0.25) is 0 Å². The van der Waals surface area contributed by atoms with Crippen LogP contribution >= 0.6 is 15.9 Å². The molecular formula is C22H25BrFN3O4. The molecule has 31 heavy (non-hydrogen) atoms. The summed E-state index contributed by atoms with van der Waals surface area (Å²) in [5.41, 5.74) is -0.326. The monoisotopic (exact) mass is 493 g/mol. The summed E-state index contributed by atoms with van der Waals surface area (Å²) < 4.78 is 26.7. The third-order valence-electron chi connectivity index (χ3n) is 4.65. The minimum absolute atomic E-state index is 0.181. The zero-order chi connectivity index (χ0) is 22.8. The fraction of sp³-hybridized carbons (Fsp3) is 0.409. The molecule has 166 valence electrons. The Balaban J connectivity index is 1.72. The van der Waals surface area contributed by atoms with Crippen molar-refractivity contribution in [2.75, 3.05) is 13.1 Å². The van der Waals surface area contributed by atoms with E-state index >= 15 is 0 Å². The Labute approximate surface area is 188 Å². The second-order valence-corrected chi connectivity index (χ2v) is 9.09. The van der Waals surface area contributed by atoms with Crippen LogP contribution < -0.4 is 10.3 Å². The van der Waals surface area contributed by atoms with E-state index in [2.05, 4.69) is 27.6 Å². The van der Waals surface area contributed by atoms with E-state index in [1.807, 2.05) is 20.8 Å². The van der Waals surface area contributed by atoms with Gasteiger partial charge in [-0.15, -0.1) is 0 Å². The van der Waals surface area contributed by atoms with E-state index in [0.29, 0.717) is 47.5 Å². The van der Waals surface area contributed by atoms with Crippen molar-refractivity contribution in [3.05, 3.63) is 57.2 Å². The number of amides is 1. The minimum Gasteiger partial charge on any atom is -0.488 e. The molecule has 0 saturated carbocycles. The van der Waals surface area contributed by atoms with Crippen molar-refractivity contribution in [2.45, 2.75) is 45.3 Å². The lowest BCUT2D eigenvalue weighted by Gasteiger charge is -2.33. The molecule has 0 aliphatic carbocycles. The maximum absolute atomic E-state index is 13.9. The molecule has 0 spiro atoms. The van der Waals surface area contributed by atoms with Gasteiger partial charge in [0, 0.05) is 38.1 Å². The van der Waals surface area contributed by atoms with Gasteiger partial charge in [-0.3, -0.25) is 4.79 Å². The summed E-state index contributed by atoms with van der Waals surface area (Å²) in [5, 5.41) is 4.28. The third kappa shape index (κ3) is 5.72. The largest absolute Gasteiger partial charge is 0.488 e. The summed E-state index contributed by atoms with van der Waals surface area (Å²) in [7, 11) is 0. The van der Waals surface area contributed by atoms with Gasteiger partial charge in [-0.2, -0.15) is 9.78 Å². The first-order valence-corrected chi connectivity index (χ1v) is 10.7. The number of likely N-dealkylation sites (tertiary alicyclic amines) is 1. The Bertz CT molecular complexity index is 1040. The van der Waals surface area contributed by atoms with Crippen LogP contribution in [0.1, 0.15) is 39.3 Å². The van der Waals surface area contributed by atoms with Crippen molar-refractivity contribution in [2.24, 2.45) is 0 Å². The Morgan fingerprint density at radius 1 is 1.29 bits per heavy atom. The number of nitrogens with zero attached hydrogens (tertiary/aromatic N) is 3. The molecule has 1 saturated heterocycles. The number of halogens is 2. The number of piperidine rings is 1. The molecular weight excluding hydrogens is 469 g/mol. The lowest BCUT2D eigenvalue weighted by molar-refractivity contribution is 0.0126. The van der Waals surface area contributed by atoms with Gasteiger partial charge in [0.15, 0.2) is 5.75 Å². The molecule has 1 aliphatic rings. The molecule has 0 unspecified atom stereocenters. The standard InChI is InChI=1S/C22H25BrFN3O4/c1-5-18-19(13-20(28)27(25-18)14-6-7-16(23)17(24)12-14)30-15-8-10-26(11-9-15)21(29)31-22(2,3)4/h5-7,12-13,15H,1,8-11H2,2-4H3. The van der Waals surface area contributed by atoms with Gasteiger partial charge in [0.1, 0.15) is 23.2 Å². The number of carbonyl (C=O) groups is 1. The minimum atomic E-state index is -0.545. The second-order valence-electron chi connectivity index (χ2n) is 8.23. The third-order valence-corrected chi connectivity index (χ3v) is 5.30. The van der Waals surface area contributed by atoms with Gasteiger partial charge in [-0.1, -0.05) is 6.58 Å². The number of carbonyl (C=O) groups excluding carboxylic acids is 1. The van der Waals surface area contributed by atoms with Crippen LogP contribution in [0.25, 0.3) is 11.8 Å². The van der Waals surface area contributed by atoms with Crippen molar-refractivity contribution < 1.29 is 18.7 Å². The first-order chi connectivity index (χ1) is 14.6. The summed E-state index contributed by atoms with van der Waals surface area (Å²) in [6.45, 7) is 10.2. The smallest absolute Gasteiger partial charge is 0.410 e. The predicted octanol–water partition coefficient (Wildman–Crippen LogP) is 4.56. The van der Waals surface area contributed by atoms with Gasteiger partial charge in [0.25, 0.3) is 5.56 Å². The van der Waals surface area contributed by atoms with E-state index in [-0.39, 0.29) is 12.2 Å². The molecule has 0 N–H and O–H groups in total. The normalized spacial score (nSPS) is 14.9. The predicted molar refractivity (Wildman–Crippen MR) is 119 cm³/mol. The van der Waals surface area contributed by atoms with Crippen LogP contribution in [0.15, 0.2) is 40.1 Å². The van der Waals surface area contributed by atoms with Gasteiger partial charge in [0.05, 0.1) is 10.2 Å². The number of hydrogen-bond donors (Lipinski definition) is 0. The van der Waals surface area contributed by atoms with Crippen LogP contribution in [-0.2, 0) is 4.74 Å². The van der Waals surface area contributed by atoms with Gasteiger partial charge >= 0.3 is 6.09 Å². The number of benzene rings is 1. The summed E-state index contributed by atoms with van der Waals surface area (Å²) in [6, 6.07) is 5.64. The molecule has 9 heteroatoms. The summed E-state index contributed by atoms with van der Waals surface area (Å²) in [6.07, 6.45) is 2.15. The fourth-order valence-corrected chi connectivity index (χ4v) is 3.40. The fourth-order valence-electron chi connectivity index (χ4n) is 3.15. The van der Waals surface area contributed by atoms with Crippen LogP contribution in [0.3, 0.4) is 0 Å². The zero-order valence-electron chi connectivity index (χ0n) is 17.7. The maximum atomic E-state index is 13.9. The van der Waals surface area contributed by atoms with E-state index in [4.69, 9.17) is 9.47 Å². The Morgan fingerprint density at radius 2 is 1.97 bits per heavy atom. The number of aromatic nitrogens is 2. The highest BCUT2D eigenvalue weighted by atomic mass is 79.9. The van der Waals surface area contributed by atoms with Crippen LogP contribution in [0, 0.1) is 5.82 Å². The van der Waals surface area contributed by atoms with Gasteiger partial charge in [-0.05, 0) is 54.9 Å². The summed E-state index contributed by atoms with van der Waals surface area (Å²) in [4.78, 5) is 26.5. The lowest BCUT2D eigenvalue weighted by Crippen LogP contribution is -2.44. The van der Waals surface area contributed by atoms with E-state index < -0.39 is 17.0 Å². The van der Waals surface area contributed by atoms with Crippen LogP contribution in [0.5, 0.6) is 5.75 Å². The topological polar surface area (TPSA) is 73.7 Å². The Kier molecular flexibility index (Phi) is 6.83. The summed E-state index contributed by atoms with van der Waals surface area (Å²) in [5.74, 6) is -0.187. The average Bonchev–Trinajstić information content (AvgIpc) is 2.69. The highest BCUT2D eigenvalue weighted by Crippen LogP contribution is 2.24. The van der Waals surface area contributed by atoms with Crippen LogP contribution in [0.4, 0.5) is 9.18 Å². The van der Waals surface area contributed by atoms with Crippen molar-refractivity contribution in [1.29, 1.82) is 0 Å². The van der Waals surface area contributed by atoms with Crippen molar-refractivity contribution in [3.63, 3.8) is 0 Å². The van der Waals surface area contributed by atoms with E-state index in [0.717, 1.165) is 4.68 Å².